The van der Waals surface area contributed by atoms with Gasteiger partial charge in [0.2, 0.25) is 0 Å². The number of rotatable bonds is 3. The maximum absolute atomic E-state index is 13.3. The normalized spacial score (nSPS) is 12.0. The van der Waals surface area contributed by atoms with Gasteiger partial charge >= 0.3 is 5.97 Å². The molecule has 1 atom stereocenters. The molecule has 0 aliphatic carbocycles. The Morgan fingerprint density at radius 2 is 2.20 bits per heavy atom. The molecule has 0 saturated heterocycles. The fraction of sp³-hybridized carbons (Fsp3) is 0.364. The summed E-state index contributed by atoms with van der Waals surface area (Å²) >= 11 is 0. The van der Waals surface area contributed by atoms with Gasteiger partial charge in [0.05, 0.1) is 12.8 Å². The van der Waals surface area contributed by atoms with Crippen LogP contribution in [0.4, 0.5) is 10.1 Å². The first-order valence-corrected chi connectivity index (χ1v) is 4.65. The Hall–Kier alpha value is -1.58. The minimum atomic E-state index is -0.564. The molecule has 1 rings (SSSR count). The number of hydrogen-bond acceptors (Lipinski definition) is 3. The van der Waals surface area contributed by atoms with E-state index in [0.29, 0.717) is 5.69 Å². The summed E-state index contributed by atoms with van der Waals surface area (Å²) in [5.41, 5.74) is 1.24. The van der Waals surface area contributed by atoms with Crippen LogP contribution in [0.25, 0.3) is 0 Å². The number of ether oxygens (including phenoxy) is 1. The summed E-state index contributed by atoms with van der Waals surface area (Å²) in [7, 11) is 1.30. The lowest BCUT2D eigenvalue weighted by molar-refractivity contribution is -0.141. The van der Waals surface area contributed by atoms with E-state index in [1.165, 1.54) is 13.2 Å². The highest BCUT2D eigenvalue weighted by molar-refractivity contribution is 5.78. The van der Waals surface area contributed by atoms with Crippen molar-refractivity contribution in [3.63, 3.8) is 0 Å². The van der Waals surface area contributed by atoms with Crippen LogP contribution in [0.2, 0.25) is 0 Å². The third-order valence-corrected chi connectivity index (χ3v) is 2.05. The van der Waals surface area contributed by atoms with Crippen molar-refractivity contribution in [2.45, 2.75) is 19.9 Å². The van der Waals surface area contributed by atoms with Crippen LogP contribution in [-0.4, -0.2) is 19.1 Å². The zero-order valence-corrected chi connectivity index (χ0v) is 9.00. The lowest BCUT2D eigenvalue weighted by atomic mass is 10.2. The van der Waals surface area contributed by atoms with Gasteiger partial charge in [0.25, 0.3) is 0 Å². The lowest BCUT2D eigenvalue weighted by Gasteiger charge is -2.13. The molecule has 1 N–H and O–H groups in total. The molecule has 15 heavy (non-hydrogen) atoms. The second kappa shape index (κ2) is 4.77. The van der Waals surface area contributed by atoms with Crippen molar-refractivity contribution >= 4 is 11.7 Å². The third-order valence-electron chi connectivity index (χ3n) is 2.05. The van der Waals surface area contributed by atoms with Crippen molar-refractivity contribution in [2.75, 3.05) is 12.4 Å². The SMILES string of the molecule is COC(=O)C(C)Nc1cc(C)ccc1F. The van der Waals surface area contributed by atoms with Gasteiger partial charge in [-0.2, -0.15) is 0 Å². The Bertz CT molecular complexity index is 366. The number of nitrogens with one attached hydrogen (secondary N) is 1. The van der Waals surface area contributed by atoms with Crippen molar-refractivity contribution in [2.24, 2.45) is 0 Å². The van der Waals surface area contributed by atoms with E-state index >= 15 is 0 Å². The van der Waals surface area contributed by atoms with Crippen LogP contribution < -0.4 is 5.32 Å². The summed E-state index contributed by atoms with van der Waals surface area (Å²) in [5, 5.41) is 2.75. The summed E-state index contributed by atoms with van der Waals surface area (Å²) in [5.74, 6) is -0.799. The molecule has 0 fully saturated rings. The molecular weight excluding hydrogens is 197 g/mol. The second-order valence-corrected chi connectivity index (χ2v) is 3.37. The number of anilines is 1. The van der Waals surface area contributed by atoms with Crippen LogP contribution in [0.15, 0.2) is 18.2 Å². The van der Waals surface area contributed by atoms with Gasteiger partial charge in [-0.15, -0.1) is 0 Å². The number of methoxy groups -OCH3 is 1. The minimum absolute atomic E-state index is 0.313. The fourth-order valence-corrected chi connectivity index (χ4v) is 1.22. The number of esters is 1. The van der Waals surface area contributed by atoms with Gasteiger partial charge in [0.15, 0.2) is 0 Å². The predicted octanol–water partition coefficient (Wildman–Crippen LogP) is 2.11. The van der Waals surface area contributed by atoms with Gasteiger partial charge in [-0.1, -0.05) is 6.07 Å². The first-order valence-electron chi connectivity index (χ1n) is 4.65. The van der Waals surface area contributed by atoms with Crippen molar-refractivity contribution in [3.05, 3.63) is 29.6 Å². The molecule has 1 aromatic rings. The average Bonchev–Trinajstić information content (AvgIpc) is 2.22. The molecule has 0 bridgehead atoms. The Morgan fingerprint density at radius 3 is 2.80 bits per heavy atom. The Balaban J connectivity index is 2.80. The van der Waals surface area contributed by atoms with Crippen molar-refractivity contribution in [1.29, 1.82) is 0 Å². The average molecular weight is 211 g/mol. The summed E-state index contributed by atoms with van der Waals surface area (Å²) in [6.45, 7) is 3.47. The van der Waals surface area contributed by atoms with Gasteiger partial charge in [-0.3, -0.25) is 0 Å². The highest BCUT2D eigenvalue weighted by atomic mass is 19.1. The number of halogens is 1. The molecule has 1 aromatic carbocycles. The highest BCUT2D eigenvalue weighted by Crippen LogP contribution is 2.16. The summed E-state index contributed by atoms with van der Waals surface area (Å²) in [4.78, 5) is 11.1. The summed E-state index contributed by atoms with van der Waals surface area (Å²) < 4.78 is 17.8. The lowest BCUT2D eigenvalue weighted by Crippen LogP contribution is -2.27. The van der Waals surface area contributed by atoms with E-state index in [-0.39, 0.29) is 5.82 Å². The molecule has 0 radical (unpaired) electrons. The first-order chi connectivity index (χ1) is 7.04. The second-order valence-electron chi connectivity index (χ2n) is 3.37. The summed E-state index contributed by atoms with van der Waals surface area (Å²) in [6, 6.07) is 4.12. The maximum atomic E-state index is 13.3. The molecule has 1 unspecified atom stereocenters. The van der Waals surface area contributed by atoms with E-state index in [0.717, 1.165) is 5.56 Å². The fourth-order valence-electron chi connectivity index (χ4n) is 1.22. The largest absolute Gasteiger partial charge is 0.467 e. The van der Waals surface area contributed by atoms with Crippen LogP contribution in [0.5, 0.6) is 0 Å². The molecule has 82 valence electrons. The van der Waals surface area contributed by atoms with Crippen LogP contribution in [-0.2, 0) is 9.53 Å². The molecule has 4 heteroatoms. The molecule has 0 saturated carbocycles. The number of hydrogen-bond donors (Lipinski definition) is 1. The minimum Gasteiger partial charge on any atom is -0.467 e. The van der Waals surface area contributed by atoms with Crippen molar-refractivity contribution < 1.29 is 13.9 Å². The molecule has 0 heterocycles. The quantitative estimate of drug-likeness (QED) is 0.778. The van der Waals surface area contributed by atoms with Crippen LogP contribution in [0.3, 0.4) is 0 Å². The van der Waals surface area contributed by atoms with E-state index < -0.39 is 12.0 Å². The first kappa shape index (κ1) is 11.5. The topological polar surface area (TPSA) is 38.3 Å². The molecular formula is C11H14FNO2. The smallest absolute Gasteiger partial charge is 0.327 e. The van der Waals surface area contributed by atoms with Gasteiger partial charge in [-0.25, -0.2) is 9.18 Å². The van der Waals surface area contributed by atoms with Crippen LogP contribution in [0, 0.1) is 12.7 Å². The van der Waals surface area contributed by atoms with E-state index in [1.54, 1.807) is 19.1 Å². The third kappa shape index (κ3) is 2.94. The molecule has 0 spiro atoms. The Morgan fingerprint density at radius 1 is 1.53 bits per heavy atom. The monoisotopic (exact) mass is 211 g/mol. The highest BCUT2D eigenvalue weighted by Gasteiger charge is 2.14. The Labute approximate surface area is 88.2 Å². The van der Waals surface area contributed by atoms with E-state index in [1.807, 2.05) is 6.92 Å². The van der Waals surface area contributed by atoms with Gasteiger partial charge < -0.3 is 10.1 Å². The Kier molecular flexibility index (Phi) is 3.66. The number of carbonyl (C=O) groups excluding carboxylic acids is 1. The van der Waals surface area contributed by atoms with E-state index in [9.17, 15) is 9.18 Å². The molecule has 0 amide bonds. The molecule has 0 aromatic heterocycles. The number of aryl methyl sites for hydroxylation is 1. The zero-order valence-electron chi connectivity index (χ0n) is 9.00. The van der Waals surface area contributed by atoms with E-state index in [2.05, 4.69) is 10.1 Å². The van der Waals surface area contributed by atoms with Crippen LogP contribution >= 0.6 is 0 Å². The summed E-state index contributed by atoms with van der Waals surface area (Å²) in [6.07, 6.45) is 0. The maximum Gasteiger partial charge on any atom is 0.327 e. The molecule has 3 nitrogen and oxygen atoms in total. The van der Waals surface area contributed by atoms with Crippen molar-refractivity contribution in [3.8, 4) is 0 Å². The van der Waals surface area contributed by atoms with E-state index in [4.69, 9.17) is 0 Å². The predicted molar refractivity (Wildman–Crippen MR) is 56.2 cm³/mol. The zero-order chi connectivity index (χ0) is 11.4. The standard InChI is InChI=1S/C11H14FNO2/c1-7-4-5-9(12)10(6-7)13-8(2)11(14)15-3/h4-6,8,13H,1-3H3. The van der Waals surface area contributed by atoms with Gasteiger partial charge in [-0.05, 0) is 31.5 Å². The molecule has 0 aliphatic rings. The van der Waals surface area contributed by atoms with Crippen LogP contribution in [0.1, 0.15) is 12.5 Å². The van der Waals surface area contributed by atoms with Gasteiger partial charge in [0.1, 0.15) is 11.9 Å². The number of carbonyl (C=O) groups is 1. The van der Waals surface area contributed by atoms with Crippen molar-refractivity contribution in [1.82, 2.24) is 0 Å². The van der Waals surface area contributed by atoms with Gasteiger partial charge in [0, 0.05) is 0 Å². The number of benzene rings is 1. The molecule has 0 aliphatic heterocycles.